The number of benzene rings is 3. The van der Waals surface area contributed by atoms with Gasteiger partial charge in [-0.1, -0.05) is 67.9 Å². The Kier molecular flexibility index (Phi) is 8.56. The third kappa shape index (κ3) is 6.01. The average Bonchev–Trinajstić information content (AvgIpc) is 3.67. The van der Waals surface area contributed by atoms with Gasteiger partial charge < -0.3 is 9.84 Å². The van der Waals surface area contributed by atoms with Gasteiger partial charge in [0, 0.05) is 24.0 Å². The van der Waals surface area contributed by atoms with Crippen molar-refractivity contribution in [3.63, 3.8) is 0 Å². The van der Waals surface area contributed by atoms with Gasteiger partial charge in [0.05, 0.1) is 17.5 Å². The van der Waals surface area contributed by atoms with Crippen LogP contribution in [0.2, 0.25) is 0 Å². The van der Waals surface area contributed by atoms with E-state index in [9.17, 15) is 14.7 Å². The normalized spacial score (nSPS) is 16.3. The van der Waals surface area contributed by atoms with Crippen molar-refractivity contribution in [2.45, 2.75) is 71.0 Å². The second kappa shape index (κ2) is 12.9. The molecule has 0 saturated heterocycles. The van der Waals surface area contributed by atoms with Crippen LogP contribution in [0.25, 0.3) is 28.2 Å². The SMILES string of the molecule is CCCc1nc(CC)n(-c2ccc(O[C@@H]3CCC[C@H]3O)cc2)c(=O)c1Cc1ccc(-c2ccccc2)c(-c2noc(=O)[nH]2)c1. The van der Waals surface area contributed by atoms with Crippen LogP contribution in [0.3, 0.4) is 0 Å². The molecule has 0 radical (unpaired) electrons. The molecule has 1 aliphatic carbocycles. The number of aliphatic hydroxyl groups is 1. The first-order chi connectivity index (χ1) is 21.4. The first-order valence-corrected chi connectivity index (χ1v) is 15.3. The molecule has 0 spiro atoms. The monoisotopic (exact) mass is 592 g/mol. The summed E-state index contributed by atoms with van der Waals surface area (Å²) in [4.78, 5) is 33.8. The lowest BCUT2D eigenvalue weighted by Gasteiger charge is -2.19. The number of aromatic nitrogens is 4. The zero-order valence-corrected chi connectivity index (χ0v) is 25.0. The van der Waals surface area contributed by atoms with Crippen molar-refractivity contribution in [1.82, 2.24) is 19.7 Å². The second-order valence-electron chi connectivity index (χ2n) is 11.2. The Labute approximate surface area is 255 Å². The van der Waals surface area contributed by atoms with Crippen molar-refractivity contribution in [3.05, 3.63) is 116 Å². The van der Waals surface area contributed by atoms with E-state index in [4.69, 9.17) is 14.2 Å². The van der Waals surface area contributed by atoms with Gasteiger partial charge in [-0.25, -0.2) is 9.78 Å². The Balaban J connectivity index is 1.40. The Hall–Kier alpha value is -4.76. The number of aryl methyl sites for hydroxylation is 2. The summed E-state index contributed by atoms with van der Waals surface area (Å²) in [6, 6.07) is 23.2. The maximum absolute atomic E-state index is 14.3. The van der Waals surface area contributed by atoms with Gasteiger partial charge in [-0.3, -0.25) is 18.9 Å². The van der Waals surface area contributed by atoms with Crippen LogP contribution in [0.4, 0.5) is 0 Å². The molecule has 9 heteroatoms. The lowest BCUT2D eigenvalue weighted by atomic mass is 9.94. The number of rotatable bonds is 10. The van der Waals surface area contributed by atoms with Crippen molar-refractivity contribution in [2.75, 3.05) is 0 Å². The summed E-state index contributed by atoms with van der Waals surface area (Å²) >= 11 is 0. The molecule has 1 fully saturated rings. The van der Waals surface area contributed by atoms with Crippen LogP contribution >= 0.6 is 0 Å². The summed E-state index contributed by atoms with van der Waals surface area (Å²) < 4.78 is 12.5. The van der Waals surface area contributed by atoms with E-state index < -0.39 is 11.9 Å². The molecule has 9 nitrogen and oxygen atoms in total. The summed E-state index contributed by atoms with van der Waals surface area (Å²) in [5.74, 6) is 1.06. The predicted molar refractivity (Wildman–Crippen MR) is 168 cm³/mol. The molecule has 0 bridgehead atoms. The lowest BCUT2D eigenvalue weighted by Crippen LogP contribution is -2.29. The summed E-state index contributed by atoms with van der Waals surface area (Å²) in [6.45, 7) is 4.08. The summed E-state index contributed by atoms with van der Waals surface area (Å²) in [5, 5.41) is 14.1. The topological polar surface area (TPSA) is 123 Å². The summed E-state index contributed by atoms with van der Waals surface area (Å²) in [6.07, 6.45) is 4.36. The standard InChI is InChI=1S/C35H36N4O5/c1-3-9-29-28(21-22-14-19-26(23-10-6-5-7-11-23)27(20-22)33-37-35(42)44-38-33)34(41)39(32(4-2)36-29)24-15-17-25(18-16-24)43-31-13-8-12-30(31)40/h5-7,10-11,14-20,30-31,40H,3-4,8-9,12-13,21H2,1-2H3,(H,37,38,42)/t30-,31-/m1/s1. The third-order valence-corrected chi connectivity index (χ3v) is 8.18. The molecule has 1 saturated carbocycles. The molecule has 0 aliphatic heterocycles. The van der Waals surface area contributed by atoms with Gasteiger partial charge in [0.15, 0.2) is 5.82 Å². The van der Waals surface area contributed by atoms with E-state index in [0.29, 0.717) is 53.5 Å². The largest absolute Gasteiger partial charge is 0.488 e. The Morgan fingerprint density at radius 1 is 1.00 bits per heavy atom. The number of H-pyrrole nitrogens is 1. The minimum Gasteiger partial charge on any atom is -0.488 e. The summed E-state index contributed by atoms with van der Waals surface area (Å²) in [7, 11) is 0. The van der Waals surface area contributed by atoms with E-state index in [1.807, 2.05) is 79.7 Å². The summed E-state index contributed by atoms with van der Waals surface area (Å²) in [5.41, 5.74) is 5.47. The van der Waals surface area contributed by atoms with Crippen molar-refractivity contribution < 1.29 is 14.4 Å². The van der Waals surface area contributed by atoms with Crippen LogP contribution in [-0.4, -0.2) is 37.0 Å². The highest BCUT2D eigenvalue weighted by Crippen LogP contribution is 2.32. The lowest BCUT2D eigenvalue weighted by molar-refractivity contribution is 0.0604. The quantitative estimate of drug-likeness (QED) is 0.215. The van der Waals surface area contributed by atoms with Crippen molar-refractivity contribution in [1.29, 1.82) is 0 Å². The number of aromatic amines is 1. The number of ether oxygens (including phenoxy) is 1. The molecule has 1 aliphatic rings. The second-order valence-corrected chi connectivity index (χ2v) is 11.2. The van der Waals surface area contributed by atoms with Gasteiger partial charge in [0.2, 0.25) is 0 Å². The van der Waals surface area contributed by atoms with E-state index in [1.165, 1.54) is 0 Å². The number of nitrogens with zero attached hydrogens (tertiary/aromatic N) is 3. The van der Waals surface area contributed by atoms with E-state index >= 15 is 0 Å². The molecular formula is C35H36N4O5. The first kappa shape index (κ1) is 29.3. The molecule has 226 valence electrons. The number of aliphatic hydroxyl groups excluding tert-OH is 1. The zero-order chi connectivity index (χ0) is 30.6. The van der Waals surface area contributed by atoms with Gasteiger partial charge in [-0.15, -0.1) is 0 Å². The highest BCUT2D eigenvalue weighted by atomic mass is 16.5. The van der Waals surface area contributed by atoms with Crippen molar-refractivity contribution in [2.24, 2.45) is 0 Å². The molecular weight excluding hydrogens is 556 g/mol. The fourth-order valence-corrected chi connectivity index (χ4v) is 5.98. The molecule has 6 rings (SSSR count). The Morgan fingerprint density at radius 3 is 2.45 bits per heavy atom. The minimum atomic E-state index is -0.632. The average molecular weight is 593 g/mol. The van der Waals surface area contributed by atoms with E-state index in [0.717, 1.165) is 48.1 Å². The molecule has 2 aromatic heterocycles. The molecule has 0 amide bonds. The van der Waals surface area contributed by atoms with E-state index in [1.54, 1.807) is 4.57 Å². The van der Waals surface area contributed by atoms with E-state index in [-0.39, 0.29) is 11.7 Å². The molecule has 2 N–H and O–H groups in total. The van der Waals surface area contributed by atoms with Crippen LogP contribution in [0, 0.1) is 0 Å². The number of hydrogen-bond donors (Lipinski definition) is 2. The van der Waals surface area contributed by atoms with Crippen LogP contribution in [-0.2, 0) is 19.3 Å². The van der Waals surface area contributed by atoms with Gasteiger partial charge in [0.25, 0.3) is 5.56 Å². The molecule has 0 unspecified atom stereocenters. The maximum atomic E-state index is 14.3. The smallest absolute Gasteiger partial charge is 0.439 e. The van der Waals surface area contributed by atoms with Crippen LogP contribution < -0.4 is 16.1 Å². The fraction of sp³-hybridized carbons (Fsp3) is 0.314. The highest BCUT2D eigenvalue weighted by Gasteiger charge is 2.27. The molecule has 2 heterocycles. The highest BCUT2D eigenvalue weighted by molar-refractivity contribution is 5.81. The number of hydrogen-bond acceptors (Lipinski definition) is 7. The first-order valence-electron chi connectivity index (χ1n) is 15.3. The molecule has 44 heavy (non-hydrogen) atoms. The van der Waals surface area contributed by atoms with Gasteiger partial charge >= 0.3 is 5.76 Å². The van der Waals surface area contributed by atoms with Crippen LogP contribution in [0.15, 0.2) is 86.9 Å². The van der Waals surface area contributed by atoms with Crippen molar-refractivity contribution in [3.8, 4) is 34.0 Å². The molecule has 3 aromatic carbocycles. The van der Waals surface area contributed by atoms with Crippen LogP contribution in [0.1, 0.15) is 62.2 Å². The number of nitrogens with one attached hydrogen (secondary N) is 1. The van der Waals surface area contributed by atoms with Gasteiger partial charge in [-0.05, 0) is 72.7 Å². The minimum absolute atomic E-state index is 0.108. The van der Waals surface area contributed by atoms with Gasteiger partial charge in [0.1, 0.15) is 17.7 Å². The zero-order valence-electron chi connectivity index (χ0n) is 25.0. The Bertz CT molecular complexity index is 1860. The maximum Gasteiger partial charge on any atom is 0.439 e. The molecule has 5 aromatic rings. The predicted octanol–water partition coefficient (Wildman–Crippen LogP) is 5.64. The van der Waals surface area contributed by atoms with E-state index in [2.05, 4.69) is 17.1 Å². The Morgan fingerprint density at radius 2 is 1.80 bits per heavy atom. The van der Waals surface area contributed by atoms with Crippen LogP contribution in [0.5, 0.6) is 5.75 Å². The fourth-order valence-electron chi connectivity index (χ4n) is 5.98. The van der Waals surface area contributed by atoms with Crippen molar-refractivity contribution >= 4 is 0 Å². The van der Waals surface area contributed by atoms with Gasteiger partial charge in [-0.2, -0.15) is 0 Å². The third-order valence-electron chi connectivity index (χ3n) is 8.18. The molecule has 2 atom stereocenters.